The minimum absolute atomic E-state index is 0.0269. The molecule has 0 aromatic heterocycles. The van der Waals surface area contributed by atoms with E-state index in [2.05, 4.69) is 16.0 Å². The number of urea groups is 1. The number of ether oxygens (including phenoxy) is 1. The molecule has 0 aromatic carbocycles. The van der Waals surface area contributed by atoms with Gasteiger partial charge < -0.3 is 31.3 Å². The highest BCUT2D eigenvalue weighted by Gasteiger charge is 2.43. The van der Waals surface area contributed by atoms with Gasteiger partial charge in [0.1, 0.15) is 29.1 Å². The molecule has 1 aliphatic heterocycles. The summed E-state index contributed by atoms with van der Waals surface area (Å²) in [7, 11) is 0. The summed E-state index contributed by atoms with van der Waals surface area (Å²) in [5, 5.41) is 7.06. The summed E-state index contributed by atoms with van der Waals surface area (Å²) < 4.78 is 5.56. The number of esters is 1. The van der Waals surface area contributed by atoms with Gasteiger partial charge in [-0.15, -0.1) is 11.8 Å². The van der Waals surface area contributed by atoms with Crippen molar-refractivity contribution in [3.05, 3.63) is 0 Å². The summed E-state index contributed by atoms with van der Waals surface area (Å²) in [6.45, 7) is 14.8. The number of ketones is 1. The number of Topliss-reactive ketones (excluding diaryl/α,β-unsaturated/α-hetero) is 1. The number of nitrogens with zero attached hydrogens (tertiary/aromatic N) is 1. The maximum absolute atomic E-state index is 14.1. The van der Waals surface area contributed by atoms with Crippen molar-refractivity contribution < 1.29 is 33.5 Å². The lowest BCUT2D eigenvalue weighted by Gasteiger charge is -2.36. The van der Waals surface area contributed by atoms with Gasteiger partial charge in [0, 0.05) is 11.8 Å². The van der Waals surface area contributed by atoms with Crippen molar-refractivity contribution in [1.82, 2.24) is 20.9 Å². The number of amides is 5. The molecule has 1 saturated carbocycles. The lowest BCUT2D eigenvalue weighted by molar-refractivity contribution is -0.160. The second kappa shape index (κ2) is 15.9. The van der Waals surface area contributed by atoms with Crippen LogP contribution in [0.4, 0.5) is 4.79 Å². The van der Waals surface area contributed by atoms with Crippen molar-refractivity contribution in [2.24, 2.45) is 17.1 Å². The molecule has 12 nitrogen and oxygen atoms in total. The molecule has 2 rings (SSSR count). The van der Waals surface area contributed by atoms with Gasteiger partial charge in [-0.1, -0.05) is 53.9 Å². The third-order valence-corrected chi connectivity index (χ3v) is 9.40. The van der Waals surface area contributed by atoms with Crippen molar-refractivity contribution in [3.8, 4) is 0 Å². The average molecular weight is 640 g/mol. The zero-order valence-electron chi connectivity index (χ0n) is 27.6. The predicted molar refractivity (Wildman–Crippen MR) is 169 cm³/mol. The lowest BCUT2D eigenvalue weighted by Crippen LogP contribution is -2.60. The summed E-state index contributed by atoms with van der Waals surface area (Å²) in [5.41, 5.74) is 3.82. The Morgan fingerprint density at radius 1 is 0.909 bits per heavy atom. The number of hydrogen-bond acceptors (Lipinski definition) is 8. The first-order valence-corrected chi connectivity index (χ1v) is 16.7. The van der Waals surface area contributed by atoms with Gasteiger partial charge in [0.15, 0.2) is 0 Å². The van der Waals surface area contributed by atoms with E-state index in [-0.39, 0.29) is 17.1 Å². The van der Waals surface area contributed by atoms with Gasteiger partial charge >= 0.3 is 12.0 Å². The minimum atomic E-state index is -1.16. The first kappa shape index (κ1) is 37.4. The molecule has 2 fully saturated rings. The van der Waals surface area contributed by atoms with E-state index in [1.165, 1.54) is 4.90 Å². The summed E-state index contributed by atoms with van der Waals surface area (Å²) in [5.74, 6) is -3.70. The number of hydrogen-bond donors (Lipinski definition) is 4. The second-order valence-electron chi connectivity index (χ2n) is 14.0. The molecule has 13 heteroatoms. The first-order chi connectivity index (χ1) is 20.4. The Morgan fingerprint density at radius 3 is 2.05 bits per heavy atom. The van der Waals surface area contributed by atoms with Gasteiger partial charge in [0.05, 0.1) is 0 Å². The third kappa shape index (κ3) is 11.0. The zero-order chi connectivity index (χ0) is 33.4. The van der Waals surface area contributed by atoms with Crippen molar-refractivity contribution >= 4 is 47.3 Å². The van der Waals surface area contributed by atoms with Gasteiger partial charge in [0.2, 0.25) is 11.8 Å². The van der Waals surface area contributed by atoms with E-state index in [1.54, 1.807) is 20.8 Å². The lowest BCUT2D eigenvalue weighted by atomic mass is 9.83. The molecule has 44 heavy (non-hydrogen) atoms. The molecule has 1 aliphatic carbocycles. The number of carbonyl (C=O) groups is 6. The van der Waals surface area contributed by atoms with Gasteiger partial charge in [-0.05, 0) is 64.2 Å². The second-order valence-corrected chi connectivity index (χ2v) is 15.5. The molecule has 2 aliphatic rings. The van der Waals surface area contributed by atoms with E-state index >= 15 is 0 Å². The highest BCUT2D eigenvalue weighted by atomic mass is 32.2. The number of rotatable bonds is 12. The van der Waals surface area contributed by atoms with Crippen LogP contribution in [0.15, 0.2) is 0 Å². The molecule has 1 saturated heterocycles. The number of nitrogens with one attached hydrogen (secondary N) is 3. The Morgan fingerprint density at radius 2 is 1.52 bits per heavy atom. The number of primary amides is 1. The zero-order valence-corrected chi connectivity index (χ0v) is 28.4. The maximum Gasteiger partial charge on any atom is 0.329 e. The number of nitrogens with two attached hydrogens (primary N) is 1. The minimum Gasteiger partial charge on any atom is -0.458 e. The van der Waals surface area contributed by atoms with Gasteiger partial charge in [-0.2, -0.15) is 0 Å². The van der Waals surface area contributed by atoms with E-state index in [4.69, 9.17) is 10.5 Å². The maximum atomic E-state index is 14.1. The standard InChI is InChI=1S/C31H53N5O7S/c1-9-18(2)44-26(22(37)24(32)38)35-25(39)20-16-13-17-36(20)27(40)21(19-14-11-10-12-15-19)33-29(42)34-23(30(3,4)5)28(41)43-31(6,7)8/h18-21,23,26H,9-17H2,1-8H3,(H2,32,38)(H,35,39)(H2,33,34,42). The van der Waals surface area contributed by atoms with Crippen LogP contribution in [0.1, 0.15) is 107 Å². The fourth-order valence-corrected chi connectivity index (χ4v) is 6.56. The van der Waals surface area contributed by atoms with E-state index in [0.717, 1.165) is 43.9 Å². The van der Waals surface area contributed by atoms with Crippen molar-refractivity contribution in [2.45, 2.75) is 141 Å². The van der Waals surface area contributed by atoms with Crippen LogP contribution in [0.5, 0.6) is 0 Å². The van der Waals surface area contributed by atoms with Crippen molar-refractivity contribution in [3.63, 3.8) is 0 Å². The highest BCUT2D eigenvalue weighted by Crippen LogP contribution is 2.30. The third-order valence-electron chi connectivity index (χ3n) is 7.99. The van der Waals surface area contributed by atoms with Crippen LogP contribution in [0.25, 0.3) is 0 Å². The summed E-state index contributed by atoms with van der Waals surface area (Å²) in [6.07, 6.45) is 5.96. The number of thioether (sulfide) groups is 1. The first-order valence-electron chi connectivity index (χ1n) is 15.8. The van der Waals surface area contributed by atoms with Crippen LogP contribution < -0.4 is 21.7 Å². The molecule has 5 unspecified atom stereocenters. The SMILES string of the molecule is CCC(C)SC(NC(=O)C1CCCN1C(=O)C(NC(=O)NC(C(=O)OC(C)(C)C)C(C)(C)C)C1CCCCC1)C(=O)C(N)=O. The van der Waals surface area contributed by atoms with E-state index in [1.807, 2.05) is 34.6 Å². The molecule has 1 heterocycles. The molecule has 0 radical (unpaired) electrons. The summed E-state index contributed by atoms with van der Waals surface area (Å²) in [4.78, 5) is 79.6. The largest absolute Gasteiger partial charge is 0.458 e. The molecule has 0 aromatic rings. The van der Waals surface area contributed by atoms with E-state index in [9.17, 15) is 28.8 Å². The monoisotopic (exact) mass is 639 g/mol. The molecule has 5 N–H and O–H groups in total. The number of likely N-dealkylation sites (tertiary alicyclic amines) is 1. The molecular weight excluding hydrogens is 586 g/mol. The van der Waals surface area contributed by atoms with Gasteiger partial charge in [-0.25, -0.2) is 9.59 Å². The molecule has 5 atom stereocenters. The topological polar surface area (TPSA) is 177 Å². The Kier molecular flexibility index (Phi) is 13.5. The average Bonchev–Trinajstić information content (AvgIpc) is 3.42. The molecule has 0 spiro atoms. The fraction of sp³-hybridized carbons (Fsp3) is 0.806. The van der Waals surface area contributed by atoms with E-state index < -0.39 is 64.1 Å². The van der Waals surface area contributed by atoms with Crippen LogP contribution in [0.2, 0.25) is 0 Å². The van der Waals surface area contributed by atoms with Crippen LogP contribution in [0.3, 0.4) is 0 Å². The predicted octanol–water partition coefficient (Wildman–Crippen LogP) is 3.01. The van der Waals surface area contributed by atoms with Crippen molar-refractivity contribution in [2.75, 3.05) is 6.54 Å². The Balaban J connectivity index is 2.28. The van der Waals surface area contributed by atoms with Crippen LogP contribution >= 0.6 is 11.8 Å². The molecule has 250 valence electrons. The summed E-state index contributed by atoms with van der Waals surface area (Å²) >= 11 is 1.14. The van der Waals surface area contributed by atoms with E-state index in [0.29, 0.717) is 25.8 Å². The molecular formula is C31H53N5O7S. The smallest absolute Gasteiger partial charge is 0.329 e. The van der Waals surface area contributed by atoms with Crippen LogP contribution in [0, 0.1) is 11.3 Å². The normalized spacial score (nSPS) is 20.5. The Hall–Kier alpha value is -2.83. The summed E-state index contributed by atoms with van der Waals surface area (Å²) in [6, 6.07) is -3.43. The van der Waals surface area contributed by atoms with Crippen LogP contribution in [-0.4, -0.2) is 81.3 Å². The molecule has 5 amide bonds. The van der Waals surface area contributed by atoms with Crippen molar-refractivity contribution in [1.29, 1.82) is 0 Å². The Labute approximate surface area is 266 Å². The van der Waals surface area contributed by atoms with Crippen LogP contribution in [-0.2, 0) is 28.7 Å². The molecule has 0 bridgehead atoms. The number of carbonyl (C=O) groups excluding carboxylic acids is 6. The highest BCUT2D eigenvalue weighted by molar-refractivity contribution is 8.01. The fourth-order valence-electron chi connectivity index (χ4n) is 5.48. The van der Waals surface area contributed by atoms with Gasteiger partial charge in [-0.3, -0.25) is 19.2 Å². The van der Waals surface area contributed by atoms with Gasteiger partial charge in [0.25, 0.3) is 11.7 Å². The quantitative estimate of drug-likeness (QED) is 0.143. The Bertz CT molecular complexity index is 1060.